The molecule has 2 aromatic carbocycles. The Balaban J connectivity index is 1.92. The largest absolute Gasteiger partial charge is 0.489 e. The van der Waals surface area contributed by atoms with Crippen LogP contribution in [-0.4, -0.2) is 10.8 Å². The van der Waals surface area contributed by atoms with Gasteiger partial charge in [0.1, 0.15) is 12.4 Å². The normalized spacial score (nSPS) is 10.5. The van der Waals surface area contributed by atoms with Crippen molar-refractivity contribution in [3.8, 4) is 5.75 Å². The molecule has 118 valence electrons. The number of hydrogen-bond acceptors (Lipinski definition) is 5. The van der Waals surface area contributed by atoms with Gasteiger partial charge in [0.2, 0.25) is 0 Å². The molecule has 7 nitrogen and oxygen atoms in total. The average molecular weight is 313 g/mol. The van der Waals surface area contributed by atoms with Crippen LogP contribution in [0.1, 0.15) is 11.1 Å². The summed E-state index contributed by atoms with van der Waals surface area (Å²) < 4.78 is 5.60. The fraction of sp³-hybridized carbons (Fsp3) is 0.0625. The molecule has 0 aliphatic carbocycles. The van der Waals surface area contributed by atoms with Crippen LogP contribution in [0.5, 0.6) is 5.75 Å². The van der Waals surface area contributed by atoms with Crippen molar-refractivity contribution in [2.24, 2.45) is 5.84 Å². The maximum absolute atomic E-state index is 11.0. The summed E-state index contributed by atoms with van der Waals surface area (Å²) >= 11 is 0. The topological polar surface area (TPSA) is 107 Å². The van der Waals surface area contributed by atoms with E-state index in [1.54, 1.807) is 42.5 Å². The molecule has 0 fully saturated rings. The number of nitrogens with two attached hydrogens (primary N) is 1. The van der Waals surface area contributed by atoms with Gasteiger partial charge >= 0.3 is 0 Å². The highest BCUT2D eigenvalue weighted by molar-refractivity contribution is 5.91. The molecule has 1 amide bonds. The molecule has 23 heavy (non-hydrogen) atoms. The quantitative estimate of drug-likeness (QED) is 0.279. The number of nitrogens with one attached hydrogen (secondary N) is 1. The Kier molecular flexibility index (Phi) is 5.43. The Morgan fingerprint density at radius 3 is 2.39 bits per heavy atom. The van der Waals surface area contributed by atoms with Crippen LogP contribution in [0.15, 0.2) is 54.6 Å². The van der Waals surface area contributed by atoms with E-state index in [4.69, 9.17) is 10.6 Å². The van der Waals surface area contributed by atoms with Gasteiger partial charge in [0.15, 0.2) is 0 Å². The minimum atomic E-state index is -0.443. The Hall–Kier alpha value is -3.19. The third kappa shape index (κ3) is 4.94. The molecular weight excluding hydrogens is 298 g/mol. The number of carbonyl (C=O) groups excluding carboxylic acids is 1. The first-order chi connectivity index (χ1) is 11.1. The van der Waals surface area contributed by atoms with E-state index in [-0.39, 0.29) is 11.6 Å². The molecule has 0 aliphatic heterocycles. The molecule has 0 atom stereocenters. The van der Waals surface area contributed by atoms with Crippen molar-refractivity contribution in [2.75, 3.05) is 0 Å². The zero-order valence-corrected chi connectivity index (χ0v) is 12.1. The van der Waals surface area contributed by atoms with Crippen LogP contribution in [0.2, 0.25) is 0 Å². The van der Waals surface area contributed by atoms with E-state index in [0.29, 0.717) is 12.4 Å². The number of nitro benzene ring substituents is 1. The van der Waals surface area contributed by atoms with Crippen LogP contribution >= 0.6 is 0 Å². The zero-order valence-electron chi connectivity index (χ0n) is 12.1. The average Bonchev–Trinajstić information content (AvgIpc) is 2.59. The molecule has 0 aromatic heterocycles. The summed E-state index contributed by atoms with van der Waals surface area (Å²) in [6.07, 6.45) is 2.95. The standard InChI is InChI=1S/C16H15N3O4/c17-18-16(20)10-5-12-3-8-15(9-4-12)23-11-13-1-6-14(7-2-13)19(21)22/h1-10H,11,17H2,(H,18,20)/b10-5+. The van der Waals surface area contributed by atoms with Gasteiger partial charge in [-0.05, 0) is 41.5 Å². The van der Waals surface area contributed by atoms with Crippen LogP contribution in [0.4, 0.5) is 5.69 Å². The SMILES string of the molecule is NNC(=O)/C=C/c1ccc(OCc2ccc([N+](=O)[O-])cc2)cc1. The summed E-state index contributed by atoms with van der Waals surface area (Å²) in [5, 5.41) is 10.6. The molecule has 0 heterocycles. The maximum Gasteiger partial charge on any atom is 0.269 e. The highest BCUT2D eigenvalue weighted by Gasteiger charge is 2.04. The van der Waals surface area contributed by atoms with Crippen LogP contribution in [0.3, 0.4) is 0 Å². The second kappa shape index (κ2) is 7.71. The van der Waals surface area contributed by atoms with Gasteiger partial charge in [-0.15, -0.1) is 0 Å². The lowest BCUT2D eigenvalue weighted by molar-refractivity contribution is -0.384. The highest BCUT2D eigenvalue weighted by Crippen LogP contribution is 2.17. The number of hydrogen-bond donors (Lipinski definition) is 2. The van der Waals surface area contributed by atoms with Gasteiger partial charge in [-0.25, -0.2) is 5.84 Å². The molecular formula is C16H15N3O4. The second-order valence-corrected chi connectivity index (χ2v) is 4.62. The highest BCUT2D eigenvalue weighted by atomic mass is 16.6. The van der Waals surface area contributed by atoms with Gasteiger partial charge in [-0.1, -0.05) is 12.1 Å². The molecule has 2 aromatic rings. The Morgan fingerprint density at radius 2 is 1.83 bits per heavy atom. The fourth-order valence-electron chi connectivity index (χ4n) is 1.78. The number of carbonyl (C=O) groups is 1. The first-order valence-corrected chi connectivity index (χ1v) is 6.73. The smallest absolute Gasteiger partial charge is 0.269 e. The monoisotopic (exact) mass is 313 g/mol. The number of amides is 1. The van der Waals surface area contributed by atoms with E-state index >= 15 is 0 Å². The lowest BCUT2D eigenvalue weighted by Crippen LogP contribution is -2.27. The van der Waals surface area contributed by atoms with Crippen LogP contribution in [-0.2, 0) is 11.4 Å². The lowest BCUT2D eigenvalue weighted by atomic mass is 10.2. The van der Waals surface area contributed by atoms with E-state index in [1.807, 2.05) is 5.43 Å². The van der Waals surface area contributed by atoms with Gasteiger partial charge in [-0.2, -0.15) is 0 Å². The van der Waals surface area contributed by atoms with Gasteiger partial charge in [0.05, 0.1) is 4.92 Å². The van der Waals surface area contributed by atoms with Crippen molar-refractivity contribution in [1.29, 1.82) is 0 Å². The van der Waals surface area contributed by atoms with Crippen LogP contribution in [0.25, 0.3) is 6.08 Å². The predicted molar refractivity (Wildman–Crippen MR) is 85.2 cm³/mol. The molecule has 0 spiro atoms. The van der Waals surface area contributed by atoms with E-state index in [9.17, 15) is 14.9 Å². The van der Waals surface area contributed by atoms with E-state index in [2.05, 4.69) is 0 Å². The van der Waals surface area contributed by atoms with E-state index in [1.165, 1.54) is 18.2 Å². The van der Waals surface area contributed by atoms with Gasteiger partial charge in [0, 0.05) is 18.2 Å². The molecule has 3 N–H and O–H groups in total. The molecule has 0 bridgehead atoms. The van der Waals surface area contributed by atoms with Crippen molar-refractivity contribution in [3.63, 3.8) is 0 Å². The van der Waals surface area contributed by atoms with Crippen molar-refractivity contribution in [2.45, 2.75) is 6.61 Å². The number of rotatable bonds is 6. The van der Waals surface area contributed by atoms with Gasteiger partial charge in [-0.3, -0.25) is 20.3 Å². The summed E-state index contributed by atoms with van der Waals surface area (Å²) in [4.78, 5) is 21.1. The number of ether oxygens (including phenoxy) is 1. The minimum absolute atomic E-state index is 0.0476. The predicted octanol–water partition coefficient (Wildman–Crippen LogP) is 2.18. The third-order valence-electron chi connectivity index (χ3n) is 3.00. The Bertz CT molecular complexity index is 709. The molecule has 0 saturated heterocycles. The number of nitrogens with zero attached hydrogens (tertiary/aromatic N) is 1. The van der Waals surface area contributed by atoms with Crippen molar-refractivity contribution >= 4 is 17.7 Å². The molecule has 2 rings (SSSR count). The van der Waals surface area contributed by atoms with Crippen molar-refractivity contribution in [1.82, 2.24) is 5.43 Å². The van der Waals surface area contributed by atoms with Crippen molar-refractivity contribution in [3.05, 3.63) is 75.8 Å². The number of benzene rings is 2. The van der Waals surface area contributed by atoms with Gasteiger partial charge < -0.3 is 4.74 Å². The molecule has 0 aliphatic rings. The zero-order chi connectivity index (χ0) is 16.7. The van der Waals surface area contributed by atoms with Gasteiger partial charge in [0.25, 0.3) is 11.6 Å². The lowest BCUT2D eigenvalue weighted by Gasteiger charge is -2.06. The Labute approximate surface area is 132 Å². The molecule has 7 heteroatoms. The minimum Gasteiger partial charge on any atom is -0.489 e. The fourth-order valence-corrected chi connectivity index (χ4v) is 1.78. The van der Waals surface area contributed by atoms with Crippen molar-refractivity contribution < 1.29 is 14.5 Å². The number of nitro groups is 1. The summed E-state index contributed by atoms with van der Waals surface area (Å²) in [5.74, 6) is 5.24. The first kappa shape index (κ1) is 16.2. The summed E-state index contributed by atoms with van der Waals surface area (Å²) in [6.45, 7) is 0.308. The summed E-state index contributed by atoms with van der Waals surface area (Å²) in [6, 6.07) is 13.3. The first-order valence-electron chi connectivity index (χ1n) is 6.73. The van der Waals surface area contributed by atoms with E-state index in [0.717, 1.165) is 11.1 Å². The van der Waals surface area contributed by atoms with E-state index < -0.39 is 4.92 Å². The molecule has 0 unspecified atom stereocenters. The summed E-state index contributed by atoms with van der Waals surface area (Å²) in [5.41, 5.74) is 3.71. The maximum atomic E-state index is 11.0. The molecule has 0 saturated carbocycles. The second-order valence-electron chi connectivity index (χ2n) is 4.62. The Morgan fingerprint density at radius 1 is 1.17 bits per heavy atom. The molecule has 0 radical (unpaired) electrons. The van der Waals surface area contributed by atoms with Crippen LogP contribution in [0, 0.1) is 10.1 Å². The third-order valence-corrected chi connectivity index (χ3v) is 3.00. The number of hydrazine groups is 1. The van der Waals surface area contributed by atoms with Crippen LogP contribution < -0.4 is 16.0 Å². The number of non-ortho nitro benzene ring substituents is 1. The summed E-state index contributed by atoms with van der Waals surface area (Å²) in [7, 11) is 0.